The molecule has 1 N–H and O–H groups in total. The third-order valence-electron chi connectivity index (χ3n) is 2.88. The molecule has 0 aliphatic rings. The number of aryl methyl sites for hydroxylation is 1. The Morgan fingerprint density at radius 1 is 1.15 bits per heavy atom. The van der Waals surface area contributed by atoms with E-state index in [0.29, 0.717) is 5.69 Å². The van der Waals surface area contributed by atoms with Crippen LogP contribution in [0.15, 0.2) is 52.9 Å². The van der Waals surface area contributed by atoms with Crippen molar-refractivity contribution in [3.63, 3.8) is 0 Å². The molecule has 1 heterocycles. The standard InChI is InChI=1S/C14H12N2O2S2/c1-10-3-2-4-12(7-10)20(17,18)16-11-5-6-13-14(8-11)19-9-15-13/h2-9,16H,1H3. The molecule has 20 heavy (non-hydrogen) atoms. The lowest BCUT2D eigenvalue weighted by Crippen LogP contribution is -2.12. The maximum Gasteiger partial charge on any atom is 0.261 e. The molecule has 0 saturated heterocycles. The first-order valence-corrected chi connectivity index (χ1v) is 8.34. The van der Waals surface area contributed by atoms with E-state index in [9.17, 15) is 8.42 Å². The second kappa shape index (κ2) is 4.88. The fraction of sp³-hybridized carbons (Fsp3) is 0.0714. The molecule has 0 atom stereocenters. The van der Waals surface area contributed by atoms with Gasteiger partial charge in [0.05, 0.1) is 26.3 Å². The molecule has 0 bridgehead atoms. The van der Waals surface area contributed by atoms with Crippen molar-refractivity contribution >= 4 is 37.3 Å². The molecular weight excluding hydrogens is 292 g/mol. The van der Waals surface area contributed by atoms with Crippen molar-refractivity contribution in [3.8, 4) is 0 Å². The summed E-state index contributed by atoms with van der Waals surface area (Å²) in [5.74, 6) is 0. The smallest absolute Gasteiger partial charge is 0.261 e. The summed E-state index contributed by atoms with van der Waals surface area (Å²) in [7, 11) is -3.55. The van der Waals surface area contributed by atoms with Gasteiger partial charge in [-0.2, -0.15) is 0 Å². The van der Waals surface area contributed by atoms with E-state index in [1.807, 2.05) is 13.0 Å². The highest BCUT2D eigenvalue weighted by Gasteiger charge is 2.14. The number of rotatable bonds is 3. The van der Waals surface area contributed by atoms with Gasteiger partial charge in [0.15, 0.2) is 0 Å². The Morgan fingerprint density at radius 3 is 2.80 bits per heavy atom. The van der Waals surface area contributed by atoms with Crippen molar-refractivity contribution in [2.24, 2.45) is 0 Å². The zero-order valence-corrected chi connectivity index (χ0v) is 12.3. The third-order valence-corrected chi connectivity index (χ3v) is 5.05. The minimum absolute atomic E-state index is 0.266. The summed E-state index contributed by atoms with van der Waals surface area (Å²) < 4.78 is 28.2. The van der Waals surface area contributed by atoms with Gasteiger partial charge in [0.25, 0.3) is 10.0 Å². The van der Waals surface area contributed by atoms with Crippen LogP contribution in [0.25, 0.3) is 10.2 Å². The minimum atomic E-state index is -3.55. The van der Waals surface area contributed by atoms with Crippen molar-refractivity contribution in [1.29, 1.82) is 0 Å². The van der Waals surface area contributed by atoms with Crippen LogP contribution >= 0.6 is 11.3 Å². The lowest BCUT2D eigenvalue weighted by molar-refractivity contribution is 0.601. The quantitative estimate of drug-likeness (QED) is 0.806. The first kappa shape index (κ1) is 13.1. The van der Waals surface area contributed by atoms with Crippen LogP contribution < -0.4 is 4.72 Å². The molecule has 0 aliphatic carbocycles. The molecule has 3 aromatic rings. The van der Waals surface area contributed by atoms with Gasteiger partial charge in [-0.3, -0.25) is 4.72 Å². The van der Waals surface area contributed by atoms with Crippen LogP contribution in [0.2, 0.25) is 0 Å². The van der Waals surface area contributed by atoms with Gasteiger partial charge >= 0.3 is 0 Å². The van der Waals surface area contributed by atoms with Crippen molar-refractivity contribution in [1.82, 2.24) is 4.98 Å². The van der Waals surface area contributed by atoms with E-state index in [1.54, 1.807) is 41.9 Å². The molecule has 102 valence electrons. The number of nitrogens with zero attached hydrogens (tertiary/aromatic N) is 1. The van der Waals surface area contributed by atoms with E-state index in [4.69, 9.17) is 0 Å². The van der Waals surface area contributed by atoms with Gasteiger partial charge in [0.1, 0.15) is 0 Å². The highest BCUT2D eigenvalue weighted by molar-refractivity contribution is 7.92. The van der Waals surface area contributed by atoms with Crippen LogP contribution in [0.1, 0.15) is 5.56 Å². The summed E-state index contributed by atoms with van der Waals surface area (Å²) in [6.07, 6.45) is 0. The van der Waals surface area contributed by atoms with E-state index in [2.05, 4.69) is 9.71 Å². The highest BCUT2D eigenvalue weighted by Crippen LogP contribution is 2.24. The maximum atomic E-state index is 12.3. The molecular formula is C14H12N2O2S2. The van der Waals surface area contributed by atoms with Gasteiger partial charge in [0.2, 0.25) is 0 Å². The number of hydrogen-bond donors (Lipinski definition) is 1. The average molecular weight is 304 g/mol. The largest absolute Gasteiger partial charge is 0.280 e. The summed E-state index contributed by atoms with van der Waals surface area (Å²) in [6, 6.07) is 12.1. The molecule has 0 saturated carbocycles. The van der Waals surface area contributed by atoms with Crippen LogP contribution in [0.5, 0.6) is 0 Å². The van der Waals surface area contributed by atoms with Crippen LogP contribution in [-0.2, 0) is 10.0 Å². The Hall–Kier alpha value is -1.92. The van der Waals surface area contributed by atoms with Crippen molar-refractivity contribution in [2.75, 3.05) is 4.72 Å². The lowest BCUT2D eigenvalue weighted by atomic mass is 10.2. The molecule has 0 unspecified atom stereocenters. The SMILES string of the molecule is Cc1cccc(S(=O)(=O)Nc2ccc3ncsc3c2)c1. The average Bonchev–Trinajstić information content (AvgIpc) is 2.85. The number of nitrogens with one attached hydrogen (secondary N) is 1. The summed E-state index contributed by atoms with van der Waals surface area (Å²) in [6.45, 7) is 1.86. The van der Waals surface area contributed by atoms with E-state index in [1.165, 1.54) is 11.3 Å². The molecule has 2 aromatic carbocycles. The van der Waals surface area contributed by atoms with Gasteiger partial charge < -0.3 is 0 Å². The number of fused-ring (bicyclic) bond motifs is 1. The van der Waals surface area contributed by atoms with Gasteiger partial charge in [-0.05, 0) is 42.8 Å². The Labute approximate surface area is 121 Å². The zero-order valence-electron chi connectivity index (χ0n) is 10.7. The first-order chi connectivity index (χ1) is 9.54. The molecule has 0 radical (unpaired) electrons. The highest BCUT2D eigenvalue weighted by atomic mass is 32.2. The van der Waals surface area contributed by atoms with Crippen LogP contribution in [0.3, 0.4) is 0 Å². The van der Waals surface area contributed by atoms with Crippen molar-refractivity contribution in [2.45, 2.75) is 11.8 Å². The molecule has 6 heteroatoms. The topological polar surface area (TPSA) is 59.1 Å². The number of benzene rings is 2. The number of anilines is 1. The summed E-state index contributed by atoms with van der Waals surface area (Å²) in [5.41, 5.74) is 4.06. The summed E-state index contributed by atoms with van der Waals surface area (Å²) in [4.78, 5) is 4.43. The number of aromatic nitrogens is 1. The lowest BCUT2D eigenvalue weighted by Gasteiger charge is -2.08. The maximum absolute atomic E-state index is 12.3. The molecule has 0 aliphatic heterocycles. The molecule has 3 rings (SSSR count). The summed E-state index contributed by atoms with van der Waals surface area (Å²) in [5, 5.41) is 0. The second-order valence-corrected chi connectivity index (χ2v) is 7.03. The number of thiazole rings is 1. The fourth-order valence-electron chi connectivity index (χ4n) is 1.92. The fourth-order valence-corrected chi connectivity index (χ4v) is 3.79. The van der Waals surface area contributed by atoms with E-state index in [-0.39, 0.29) is 4.90 Å². The normalized spacial score (nSPS) is 11.7. The Balaban J connectivity index is 1.96. The Bertz CT molecular complexity index is 870. The summed E-state index contributed by atoms with van der Waals surface area (Å²) >= 11 is 1.48. The predicted octanol–water partition coefficient (Wildman–Crippen LogP) is 3.41. The third kappa shape index (κ3) is 2.52. The van der Waals surface area contributed by atoms with Gasteiger partial charge in [0, 0.05) is 0 Å². The zero-order chi connectivity index (χ0) is 14.2. The second-order valence-electron chi connectivity index (χ2n) is 4.46. The Kier molecular flexibility index (Phi) is 3.19. The van der Waals surface area contributed by atoms with Gasteiger partial charge in [-0.15, -0.1) is 11.3 Å². The van der Waals surface area contributed by atoms with Crippen molar-refractivity contribution in [3.05, 3.63) is 53.5 Å². The number of hydrogen-bond acceptors (Lipinski definition) is 4. The van der Waals surface area contributed by atoms with Crippen LogP contribution in [0, 0.1) is 6.92 Å². The molecule has 0 fully saturated rings. The molecule has 1 aromatic heterocycles. The molecule has 0 spiro atoms. The van der Waals surface area contributed by atoms with Gasteiger partial charge in [-0.25, -0.2) is 13.4 Å². The Morgan fingerprint density at radius 2 is 2.00 bits per heavy atom. The van der Waals surface area contributed by atoms with E-state index in [0.717, 1.165) is 15.8 Å². The predicted molar refractivity (Wildman–Crippen MR) is 81.6 cm³/mol. The van der Waals surface area contributed by atoms with Crippen molar-refractivity contribution < 1.29 is 8.42 Å². The molecule has 4 nitrogen and oxygen atoms in total. The van der Waals surface area contributed by atoms with E-state index < -0.39 is 10.0 Å². The number of sulfonamides is 1. The first-order valence-electron chi connectivity index (χ1n) is 5.97. The minimum Gasteiger partial charge on any atom is -0.280 e. The molecule has 0 amide bonds. The van der Waals surface area contributed by atoms with Gasteiger partial charge in [-0.1, -0.05) is 12.1 Å². The monoisotopic (exact) mass is 304 g/mol. The van der Waals surface area contributed by atoms with Crippen LogP contribution in [-0.4, -0.2) is 13.4 Å². The van der Waals surface area contributed by atoms with Crippen LogP contribution in [0.4, 0.5) is 5.69 Å². The van der Waals surface area contributed by atoms with E-state index >= 15 is 0 Å².